The van der Waals surface area contributed by atoms with Crippen molar-refractivity contribution >= 4 is 11.7 Å². The van der Waals surface area contributed by atoms with Gasteiger partial charge < -0.3 is 9.94 Å². The van der Waals surface area contributed by atoms with Gasteiger partial charge in [0.15, 0.2) is 0 Å². The molecule has 26 heavy (non-hydrogen) atoms. The van der Waals surface area contributed by atoms with Crippen molar-refractivity contribution < 1.29 is 14.7 Å². The monoisotopic (exact) mass is 356 g/mol. The van der Waals surface area contributed by atoms with Gasteiger partial charge in [0.25, 0.3) is 0 Å². The molecule has 0 atom stereocenters. The van der Waals surface area contributed by atoms with E-state index in [1.807, 2.05) is 39.8 Å². The highest BCUT2D eigenvalue weighted by Crippen LogP contribution is 2.12. The summed E-state index contributed by atoms with van der Waals surface area (Å²) >= 11 is 0. The van der Waals surface area contributed by atoms with Gasteiger partial charge in [0, 0.05) is 5.56 Å². The zero-order valence-corrected chi connectivity index (χ0v) is 16.0. The van der Waals surface area contributed by atoms with Gasteiger partial charge in [-0.15, -0.1) is 0 Å². The molecule has 0 saturated heterocycles. The maximum atomic E-state index is 11.0. The Bertz CT molecular complexity index is 683. The lowest BCUT2D eigenvalue weighted by atomic mass is 10.1. The van der Waals surface area contributed by atoms with Gasteiger partial charge in [0.05, 0.1) is 18.1 Å². The summed E-state index contributed by atoms with van der Waals surface area (Å²) in [7, 11) is 0. The number of nitrogens with zero attached hydrogens (tertiary/aromatic N) is 2. The number of aromatic carboxylic acids is 1. The summed E-state index contributed by atoms with van der Waals surface area (Å²) in [6.45, 7) is 8.34. The highest BCUT2D eigenvalue weighted by molar-refractivity contribution is 6.03. The third-order valence-corrected chi connectivity index (χ3v) is 3.17. The lowest BCUT2D eigenvalue weighted by Gasteiger charge is -2.07. The van der Waals surface area contributed by atoms with Crippen LogP contribution in [0.4, 0.5) is 0 Å². The molecular weight excluding hydrogens is 328 g/mol. The summed E-state index contributed by atoms with van der Waals surface area (Å²) in [6.07, 6.45) is 8.24. The molecule has 1 aliphatic carbocycles. The van der Waals surface area contributed by atoms with Crippen LogP contribution in [0.2, 0.25) is 0 Å². The smallest absolute Gasteiger partial charge is 0.335 e. The van der Waals surface area contributed by atoms with Crippen LogP contribution in [0.1, 0.15) is 62.9 Å². The topological polar surface area (TPSA) is 82.7 Å². The Hall–Kier alpha value is -2.87. The molecule has 0 heterocycles. The number of oxime groups is 1. The van der Waals surface area contributed by atoms with Crippen molar-refractivity contribution in [2.75, 3.05) is 6.61 Å². The van der Waals surface area contributed by atoms with E-state index in [4.69, 9.17) is 15.2 Å². The fourth-order valence-electron chi connectivity index (χ4n) is 2.05. The Morgan fingerprint density at radius 2 is 1.92 bits per heavy atom. The fraction of sp³-hybridized carbons (Fsp3) is 0.381. The summed E-state index contributed by atoms with van der Waals surface area (Å²) in [5.41, 5.74) is 2.20. The van der Waals surface area contributed by atoms with Crippen LogP contribution in [0, 0.1) is 11.3 Å². The molecule has 0 aromatic heterocycles. The largest absolute Gasteiger partial charge is 0.478 e. The van der Waals surface area contributed by atoms with Crippen molar-refractivity contribution in [3.63, 3.8) is 0 Å². The van der Waals surface area contributed by atoms with Gasteiger partial charge in [-0.2, -0.15) is 5.26 Å². The van der Waals surface area contributed by atoms with E-state index in [9.17, 15) is 4.79 Å². The molecule has 0 radical (unpaired) electrons. The summed E-state index contributed by atoms with van der Waals surface area (Å²) in [4.78, 5) is 16.3. The molecule has 0 amide bonds. The second kappa shape index (κ2) is 14.5. The van der Waals surface area contributed by atoms with Crippen LogP contribution < -0.4 is 0 Å². The Morgan fingerprint density at radius 1 is 1.23 bits per heavy atom. The molecule has 0 fully saturated rings. The summed E-state index contributed by atoms with van der Waals surface area (Å²) in [6, 6.07) is 8.34. The Balaban J connectivity index is 0.00000146. The second-order valence-electron chi connectivity index (χ2n) is 4.79. The van der Waals surface area contributed by atoms with Crippen molar-refractivity contribution in [1.82, 2.24) is 0 Å². The molecule has 1 aromatic carbocycles. The lowest BCUT2D eigenvalue weighted by Crippen LogP contribution is -2.05. The number of carboxylic acids is 1. The molecule has 0 spiro atoms. The van der Waals surface area contributed by atoms with E-state index in [1.165, 1.54) is 12.1 Å². The Kier molecular flexibility index (Phi) is 12.9. The first-order valence-corrected chi connectivity index (χ1v) is 8.96. The number of hydrogen-bond acceptors (Lipinski definition) is 4. The standard InChI is InChI=1S/C17H16N2O3.2C2H6/c18-10-9-16(14-7-4-8-15(11-14)17(20)21)19-22-12-13-5-2-1-3-6-13;2*1-2/h2,4-8,11H,1,3,9,12H2,(H,20,21);2*1-2H3/b19-16+;;. The van der Waals surface area contributed by atoms with Gasteiger partial charge in [-0.05, 0) is 30.5 Å². The summed E-state index contributed by atoms with van der Waals surface area (Å²) < 4.78 is 0. The van der Waals surface area contributed by atoms with Gasteiger partial charge >= 0.3 is 5.97 Å². The van der Waals surface area contributed by atoms with Crippen LogP contribution in [0.25, 0.3) is 0 Å². The first kappa shape index (κ1) is 23.1. The van der Waals surface area contributed by atoms with Gasteiger partial charge in [0.2, 0.25) is 0 Å². The van der Waals surface area contributed by atoms with Crippen molar-refractivity contribution in [1.29, 1.82) is 5.26 Å². The van der Waals surface area contributed by atoms with Gasteiger partial charge in [0.1, 0.15) is 12.3 Å². The average molecular weight is 356 g/mol. The molecule has 0 unspecified atom stereocenters. The normalized spacial score (nSPS) is 12.4. The quantitative estimate of drug-likeness (QED) is 0.550. The van der Waals surface area contributed by atoms with E-state index in [0.29, 0.717) is 17.9 Å². The molecular formula is C21H28N2O3. The lowest BCUT2D eigenvalue weighted by molar-refractivity contribution is 0.0697. The number of carbonyl (C=O) groups is 1. The molecule has 0 saturated carbocycles. The van der Waals surface area contributed by atoms with Gasteiger partial charge in [-0.1, -0.05) is 63.2 Å². The number of nitriles is 1. The second-order valence-corrected chi connectivity index (χ2v) is 4.79. The highest BCUT2D eigenvalue weighted by atomic mass is 16.6. The summed E-state index contributed by atoms with van der Waals surface area (Å²) in [5.74, 6) is -1.02. The average Bonchev–Trinajstić information content (AvgIpc) is 2.71. The Labute approximate surface area is 156 Å². The van der Waals surface area contributed by atoms with E-state index in [2.05, 4.69) is 17.3 Å². The molecule has 2 rings (SSSR count). The predicted octanol–water partition coefficient (Wildman–Crippen LogP) is 5.35. The van der Waals surface area contributed by atoms with Crippen LogP contribution in [-0.4, -0.2) is 23.4 Å². The molecule has 5 heteroatoms. The zero-order valence-electron chi connectivity index (χ0n) is 16.0. The molecule has 1 aromatic rings. The van der Waals surface area contributed by atoms with E-state index in [0.717, 1.165) is 18.4 Å². The molecule has 1 aliphatic rings. The first-order valence-electron chi connectivity index (χ1n) is 8.96. The van der Waals surface area contributed by atoms with Crippen LogP contribution >= 0.6 is 0 Å². The van der Waals surface area contributed by atoms with E-state index in [1.54, 1.807) is 12.1 Å². The first-order chi connectivity index (χ1) is 12.7. The maximum absolute atomic E-state index is 11.0. The van der Waals surface area contributed by atoms with Gasteiger partial charge in [-0.3, -0.25) is 0 Å². The number of carboxylic acid groups (broad SMARTS) is 1. The molecule has 5 nitrogen and oxygen atoms in total. The minimum atomic E-state index is -1.02. The Morgan fingerprint density at radius 3 is 2.50 bits per heavy atom. The van der Waals surface area contributed by atoms with Crippen molar-refractivity contribution in [3.8, 4) is 6.07 Å². The third kappa shape index (κ3) is 8.29. The molecule has 0 aliphatic heterocycles. The van der Waals surface area contributed by atoms with Crippen molar-refractivity contribution in [2.45, 2.75) is 47.0 Å². The van der Waals surface area contributed by atoms with Crippen LogP contribution in [0.15, 0.2) is 53.2 Å². The van der Waals surface area contributed by atoms with Gasteiger partial charge in [-0.25, -0.2) is 4.79 Å². The van der Waals surface area contributed by atoms with Crippen LogP contribution in [-0.2, 0) is 4.84 Å². The van der Waals surface area contributed by atoms with E-state index in [-0.39, 0.29) is 12.0 Å². The predicted molar refractivity (Wildman–Crippen MR) is 105 cm³/mol. The molecule has 140 valence electrons. The van der Waals surface area contributed by atoms with E-state index >= 15 is 0 Å². The minimum absolute atomic E-state index is 0.0535. The van der Waals surface area contributed by atoms with Crippen LogP contribution in [0.5, 0.6) is 0 Å². The SMILES string of the molecule is CC.CC.N#CC/C(=N\OCC1=CCCC=C1)c1cccc(C(=O)O)c1. The maximum Gasteiger partial charge on any atom is 0.335 e. The number of rotatable bonds is 6. The molecule has 1 N–H and O–H groups in total. The van der Waals surface area contributed by atoms with Crippen molar-refractivity contribution in [2.24, 2.45) is 5.16 Å². The number of allylic oxidation sites excluding steroid dienone is 2. The van der Waals surface area contributed by atoms with E-state index < -0.39 is 5.97 Å². The minimum Gasteiger partial charge on any atom is -0.478 e. The van der Waals surface area contributed by atoms with Crippen molar-refractivity contribution in [3.05, 3.63) is 59.2 Å². The summed E-state index contributed by atoms with van der Waals surface area (Å²) in [5, 5.41) is 21.9. The zero-order chi connectivity index (χ0) is 19.8. The highest BCUT2D eigenvalue weighted by Gasteiger charge is 2.09. The van der Waals surface area contributed by atoms with Crippen LogP contribution in [0.3, 0.4) is 0 Å². The number of benzene rings is 1. The molecule has 0 bridgehead atoms. The number of hydrogen-bond donors (Lipinski definition) is 1. The third-order valence-electron chi connectivity index (χ3n) is 3.17. The fourth-order valence-corrected chi connectivity index (χ4v) is 2.05.